The van der Waals surface area contributed by atoms with E-state index in [4.69, 9.17) is 5.11 Å². The molecule has 1 N–H and O–H groups in total. The van der Waals surface area contributed by atoms with Crippen LogP contribution in [-0.4, -0.2) is 17.6 Å². The van der Waals surface area contributed by atoms with Gasteiger partial charge in [-0.15, -0.1) is 0 Å². The highest BCUT2D eigenvalue weighted by Crippen LogP contribution is 2.22. The fourth-order valence-electron chi connectivity index (χ4n) is 0.826. The van der Waals surface area contributed by atoms with Crippen molar-refractivity contribution in [3.8, 4) is 0 Å². The van der Waals surface area contributed by atoms with Crippen LogP contribution >= 0.6 is 0 Å². The van der Waals surface area contributed by atoms with E-state index in [1.165, 1.54) is 6.08 Å². The summed E-state index contributed by atoms with van der Waals surface area (Å²) in [5, 5.41) is 8.34. The maximum atomic E-state index is 12.8. The third kappa shape index (κ3) is 6.28. The van der Waals surface area contributed by atoms with Crippen LogP contribution in [-0.2, 0) is 0 Å². The zero-order chi connectivity index (χ0) is 9.45. The molecule has 0 spiro atoms. The van der Waals surface area contributed by atoms with Gasteiger partial charge >= 0.3 is 0 Å². The molecule has 0 atom stereocenters. The van der Waals surface area contributed by atoms with E-state index in [2.05, 4.69) is 0 Å². The van der Waals surface area contributed by atoms with Gasteiger partial charge in [0.2, 0.25) is 0 Å². The van der Waals surface area contributed by atoms with Gasteiger partial charge in [-0.3, -0.25) is 0 Å². The van der Waals surface area contributed by atoms with Crippen LogP contribution in [0.3, 0.4) is 0 Å². The van der Waals surface area contributed by atoms with Crippen molar-refractivity contribution in [1.29, 1.82) is 0 Å². The Labute approximate surface area is 72.1 Å². The van der Waals surface area contributed by atoms with Crippen LogP contribution < -0.4 is 0 Å². The maximum absolute atomic E-state index is 12.8. The number of unbranched alkanes of at least 4 members (excludes halogenated alkanes) is 1. The summed E-state index contributed by atoms with van der Waals surface area (Å²) in [6, 6.07) is 0. The average Bonchev–Trinajstić information content (AvgIpc) is 2.01. The molecule has 1 nitrogen and oxygen atoms in total. The number of allylic oxidation sites excluding steroid dienone is 1. The van der Waals surface area contributed by atoms with E-state index in [1.807, 2.05) is 6.92 Å². The predicted octanol–water partition coefficient (Wildman–Crippen LogP) is 2.75. The third-order valence-corrected chi connectivity index (χ3v) is 1.52. The molecule has 0 bridgehead atoms. The molecule has 0 unspecified atom stereocenters. The Morgan fingerprint density at radius 3 is 2.58 bits per heavy atom. The van der Waals surface area contributed by atoms with Crippen LogP contribution in [0.5, 0.6) is 0 Å². The lowest BCUT2D eigenvalue weighted by molar-refractivity contribution is 0.0429. The van der Waals surface area contributed by atoms with E-state index in [9.17, 15) is 8.78 Å². The first kappa shape index (κ1) is 11.6. The van der Waals surface area contributed by atoms with Gasteiger partial charge in [-0.05, 0) is 18.9 Å². The first-order chi connectivity index (χ1) is 5.62. The second kappa shape index (κ2) is 6.12. The summed E-state index contributed by atoms with van der Waals surface area (Å²) in [6.07, 6.45) is 3.75. The number of aliphatic hydroxyl groups excluding tert-OH is 1. The number of halogens is 2. The molecule has 0 aliphatic heterocycles. The van der Waals surface area contributed by atoms with Crippen LogP contribution in [0.4, 0.5) is 8.78 Å². The van der Waals surface area contributed by atoms with Crippen LogP contribution in [0, 0.1) is 0 Å². The van der Waals surface area contributed by atoms with E-state index < -0.39 is 5.92 Å². The van der Waals surface area contributed by atoms with Crippen molar-refractivity contribution in [3.63, 3.8) is 0 Å². The average molecular weight is 178 g/mol. The molecular weight excluding hydrogens is 162 g/mol. The highest BCUT2D eigenvalue weighted by atomic mass is 19.3. The molecular formula is C9H16F2O. The highest BCUT2D eigenvalue weighted by molar-refractivity contribution is 4.94. The standard InChI is InChI=1S/C9H16F2O/c1-2-3-6-9(10,11)7-4-5-8-12/h4,7,12H,2-3,5-6,8H2,1H3/b7-4-. The summed E-state index contributed by atoms with van der Waals surface area (Å²) in [4.78, 5) is 0. The summed E-state index contributed by atoms with van der Waals surface area (Å²) >= 11 is 0. The largest absolute Gasteiger partial charge is 0.396 e. The third-order valence-electron chi connectivity index (χ3n) is 1.52. The molecule has 0 saturated heterocycles. The molecule has 72 valence electrons. The van der Waals surface area contributed by atoms with Gasteiger partial charge in [-0.25, -0.2) is 8.78 Å². The fourth-order valence-corrected chi connectivity index (χ4v) is 0.826. The molecule has 12 heavy (non-hydrogen) atoms. The molecule has 0 aromatic carbocycles. The highest BCUT2D eigenvalue weighted by Gasteiger charge is 2.22. The molecule has 0 amide bonds. The summed E-state index contributed by atoms with van der Waals surface area (Å²) in [5.74, 6) is -2.69. The molecule has 0 fully saturated rings. The molecule has 0 heterocycles. The minimum atomic E-state index is -2.69. The van der Waals surface area contributed by atoms with Crippen LogP contribution in [0.1, 0.15) is 32.6 Å². The normalized spacial score (nSPS) is 12.7. The Morgan fingerprint density at radius 2 is 2.08 bits per heavy atom. The van der Waals surface area contributed by atoms with E-state index in [0.29, 0.717) is 12.8 Å². The minimum Gasteiger partial charge on any atom is -0.396 e. The molecule has 0 aliphatic rings. The Morgan fingerprint density at radius 1 is 1.42 bits per heavy atom. The molecule has 3 heteroatoms. The zero-order valence-electron chi connectivity index (χ0n) is 7.39. The Bertz CT molecular complexity index is 132. The van der Waals surface area contributed by atoms with Gasteiger partial charge in [-0.2, -0.15) is 0 Å². The molecule has 0 aromatic heterocycles. The van der Waals surface area contributed by atoms with Gasteiger partial charge in [0.25, 0.3) is 5.92 Å². The van der Waals surface area contributed by atoms with Gasteiger partial charge in [-0.1, -0.05) is 19.4 Å². The maximum Gasteiger partial charge on any atom is 0.266 e. The van der Waals surface area contributed by atoms with Crippen molar-refractivity contribution in [3.05, 3.63) is 12.2 Å². The first-order valence-corrected chi connectivity index (χ1v) is 4.29. The van der Waals surface area contributed by atoms with Crippen molar-refractivity contribution in [1.82, 2.24) is 0 Å². The summed E-state index contributed by atoms with van der Waals surface area (Å²) in [6.45, 7) is 1.81. The lowest BCUT2D eigenvalue weighted by Crippen LogP contribution is -2.11. The number of hydrogen-bond acceptors (Lipinski definition) is 1. The fraction of sp³-hybridized carbons (Fsp3) is 0.778. The van der Waals surface area contributed by atoms with Crippen molar-refractivity contribution in [2.24, 2.45) is 0 Å². The van der Waals surface area contributed by atoms with E-state index in [-0.39, 0.29) is 13.0 Å². The minimum absolute atomic E-state index is 0.0691. The number of hydrogen-bond donors (Lipinski definition) is 1. The molecule has 0 aliphatic carbocycles. The Hall–Kier alpha value is -0.440. The monoisotopic (exact) mass is 178 g/mol. The van der Waals surface area contributed by atoms with Crippen molar-refractivity contribution in [2.75, 3.05) is 6.61 Å². The number of aliphatic hydroxyl groups is 1. The van der Waals surface area contributed by atoms with Gasteiger partial charge in [0.05, 0.1) is 0 Å². The molecule has 0 rings (SSSR count). The summed E-state index contributed by atoms with van der Waals surface area (Å²) < 4.78 is 25.5. The van der Waals surface area contributed by atoms with E-state index >= 15 is 0 Å². The lowest BCUT2D eigenvalue weighted by atomic mass is 10.1. The topological polar surface area (TPSA) is 20.2 Å². The number of rotatable bonds is 6. The summed E-state index contributed by atoms with van der Waals surface area (Å²) in [5.41, 5.74) is 0. The summed E-state index contributed by atoms with van der Waals surface area (Å²) in [7, 11) is 0. The van der Waals surface area contributed by atoms with Gasteiger partial charge < -0.3 is 5.11 Å². The number of alkyl halides is 2. The SMILES string of the molecule is CCCCC(F)(F)/C=C\CCO. The Kier molecular flexibility index (Phi) is 5.89. The quantitative estimate of drug-likeness (QED) is 0.620. The van der Waals surface area contributed by atoms with Crippen LogP contribution in [0.15, 0.2) is 12.2 Å². The smallest absolute Gasteiger partial charge is 0.266 e. The van der Waals surface area contributed by atoms with E-state index in [1.54, 1.807) is 0 Å². The van der Waals surface area contributed by atoms with Crippen LogP contribution in [0.25, 0.3) is 0 Å². The van der Waals surface area contributed by atoms with Crippen LogP contribution in [0.2, 0.25) is 0 Å². The van der Waals surface area contributed by atoms with Crippen molar-refractivity contribution in [2.45, 2.75) is 38.5 Å². The van der Waals surface area contributed by atoms with Crippen molar-refractivity contribution >= 4 is 0 Å². The van der Waals surface area contributed by atoms with Gasteiger partial charge in [0.1, 0.15) is 0 Å². The zero-order valence-corrected chi connectivity index (χ0v) is 7.39. The van der Waals surface area contributed by atoms with Gasteiger partial charge in [0.15, 0.2) is 0 Å². The molecule has 0 radical (unpaired) electrons. The first-order valence-electron chi connectivity index (χ1n) is 4.29. The Balaban J connectivity index is 3.69. The lowest BCUT2D eigenvalue weighted by Gasteiger charge is -2.09. The second-order valence-corrected chi connectivity index (χ2v) is 2.78. The van der Waals surface area contributed by atoms with Gasteiger partial charge in [0, 0.05) is 13.0 Å². The predicted molar refractivity (Wildman–Crippen MR) is 45.3 cm³/mol. The van der Waals surface area contributed by atoms with Crippen molar-refractivity contribution < 1.29 is 13.9 Å². The second-order valence-electron chi connectivity index (χ2n) is 2.78. The van der Waals surface area contributed by atoms with E-state index in [0.717, 1.165) is 12.5 Å². The molecule has 0 saturated carbocycles. The molecule has 0 aromatic rings.